The summed E-state index contributed by atoms with van der Waals surface area (Å²) in [6.07, 6.45) is 6.77. The second kappa shape index (κ2) is 7.47. The molecule has 2 aromatic carbocycles. The lowest BCUT2D eigenvalue weighted by Gasteiger charge is -2.16. The van der Waals surface area contributed by atoms with Crippen LogP contribution in [0, 0.1) is 0 Å². The molecule has 0 radical (unpaired) electrons. The van der Waals surface area contributed by atoms with Gasteiger partial charge in [0.25, 0.3) is 5.91 Å². The van der Waals surface area contributed by atoms with Crippen molar-refractivity contribution < 1.29 is 17.9 Å². The van der Waals surface area contributed by atoms with Gasteiger partial charge in [-0.05, 0) is 80.1 Å². The summed E-state index contributed by atoms with van der Waals surface area (Å²) in [6.45, 7) is 0.418. The first-order valence-corrected chi connectivity index (χ1v) is 11.4. The number of anilines is 2. The second-order valence-corrected chi connectivity index (χ2v) is 9.34. The number of amides is 1. The van der Waals surface area contributed by atoms with E-state index >= 15 is 0 Å². The van der Waals surface area contributed by atoms with Crippen LogP contribution < -0.4 is 14.4 Å². The molecule has 0 spiro atoms. The van der Waals surface area contributed by atoms with Gasteiger partial charge in [-0.15, -0.1) is 0 Å². The molecule has 1 aliphatic heterocycles. The van der Waals surface area contributed by atoms with Crippen LogP contribution >= 0.6 is 0 Å². The fourth-order valence-corrected chi connectivity index (χ4v) is 4.83. The van der Waals surface area contributed by atoms with Gasteiger partial charge in [-0.25, -0.2) is 8.42 Å². The topological polar surface area (TPSA) is 75.7 Å². The van der Waals surface area contributed by atoms with E-state index in [1.54, 1.807) is 18.2 Å². The highest BCUT2D eigenvalue weighted by Gasteiger charge is 2.26. The van der Waals surface area contributed by atoms with E-state index in [1.165, 1.54) is 23.4 Å². The molecule has 0 saturated heterocycles. The van der Waals surface area contributed by atoms with Crippen molar-refractivity contribution in [2.24, 2.45) is 0 Å². The molecule has 1 heterocycles. The molecule has 1 amide bonds. The van der Waals surface area contributed by atoms with Gasteiger partial charge >= 0.3 is 0 Å². The van der Waals surface area contributed by atoms with Crippen LogP contribution in [-0.4, -0.2) is 33.2 Å². The van der Waals surface area contributed by atoms with E-state index in [0.717, 1.165) is 24.2 Å². The van der Waals surface area contributed by atoms with E-state index < -0.39 is 10.0 Å². The van der Waals surface area contributed by atoms with Gasteiger partial charge in [0.2, 0.25) is 10.0 Å². The maximum absolute atomic E-state index is 12.6. The third-order valence-corrected chi connectivity index (χ3v) is 6.49. The molecule has 7 heteroatoms. The normalized spacial score (nSPS) is 16.8. The minimum Gasteiger partial charge on any atom is -0.490 e. The zero-order valence-electron chi connectivity index (χ0n) is 15.8. The molecule has 0 unspecified atom stereocenters. The first-order chi connectivity index (χ1) is 13.4. The molecule has 2 aliphatic rings. The number of rotatable bonds is 5. The number of ether oxygens (including phenoxy) is 1. The van der Waals surface area contributed by atoms with Gasteiger partial charge in [-0.2, -0.15) is 0 Å². The van der Waals surface area contributed by atoms with Crippen molar-refractivity contribution in [3.05, 3.63) is 53.6 Å². The molecule has 0 bridgehead atoms. The van der Waals surface area contributed by atoms with Crippen LogP contribution in [0.4, 0.5) is 11.4 Å². The molecule has 1 saturated carbocycles. The summed E-state index contributed by atoms with van der Waals surface area (Å²) in [5.41, 5.74) is 2.74. The number of fused-ring (bicyclic) bond motifs is 1. The van der Waals surface area contributed by atoms with Crippen molar-refractivity contribution in [2.75, 3.05) is 22.4 Å². The van der Waals surface area contributed by atoms with Crippen molar-refractivity contribution in [2.45, 2.75) is 38.2 Å². The van der Waals surface area contributed by atoms with Crippen molar-refractivity contribution in [1.29, 1.82) is 0 Å². The number of nitrogens with one attached hydrogen (secondary N) is 1. The summed E-state index contributed by atoms with van der Waals surface area (Å²) in [5, 5.41) is 2.89. The summed E-state index contributed by atoms with van der Waals surface area (Å²) in [4.78, 5) is 12.6. The predicted molar refractivity (Wildman–Crippen MR) is 110 cm³/mol. The summed E-state index contributed by atoms with van der Waals surface area (Å²) in [7, 11) is -3.29. The van der Waals surface area contributed by atoms with Crippen molar-refractivity contribution in [3.8, 4) is 5.75 Å². The molecule has 2 aromatic rings. The van der Waals surface area contributed by atoms with Crippen LogP contribution in [0.15, 0.2) is 42.5 Å². The number of benzene rings is 2. The highest BCUT2D eigenvalue weighted by atomic mass is 32.2. The van der Waals surface area contributed by atoms with Crippen LogP contribution in [0.1, 0.15) is 41.6 Å². The molecule has 0 atom stereocenters. The van der Waals surface area contributed by atoms with E-state index in [-0.39, 0.29) is 5.91 Å². The maximum Gasteiger partial charge on any atom is 0.255 e. The highest BCUT2D eigenvalue weighted by Crippen LogP contribution is 2.31. The number of carbonyl (C=O) groups excluding carboxylic acids is 1. The minimum absolute atomic E-state index is 0.218. The Hall–Kier alpha value is -2.54. The maximum atomic E-state index is 12.6. The average molecular weight is 401 g/mol. The van der Waals surface area contributed by atoms with Gasteiger partial charge in [0.05, 0.1) is 18.0 Å². The third kappa shape index (κ3) is 3.99. The summed E-state index contributed by atoms with van der Waals surface area (Å²) in [6, 6.07) is 12.6. The molecule has 1 N–H and O–H groups in total. The number of sulfonamides is 1. The lowest BCUT2D eigenvalue weighted by Crippen LogP contribution is -2.27. The highest BCUT2D eigenvalue weighted by molar-refractivity contribution is 7.92. The standard InChI is InChI=1S/C21H24N2O4S/c1-28(25,26)23-13-12-15-14-16(6-11-20(15)23)21(24)22-17-7-9-19(10-8-17)27-18-4-2-3-5-18/h6-11,14,18H,2-5,12-13H2,1H3,(H,22,24). The summed E-state index contributed by atoms with van der Waals surface area (Å²) < 4.78 is 31.0. The Morgan fingerprint density at radius 1 is 1.11 bits per heavy atom. The Morgan fingerprint density at radius 3 is 2.50 bits per heavy atom. The molecule has 4 rings (SSSR count). The van der Waals surface area contributed by atoms with Gasteiger partial charge in [-0.1, -0.05) is 0 Å². The quantitative estimate of drug-likeness (QED) is 0.832. The Labute approximate surface area is 165 Å². The van der Waals surface area contributed by atoms with E-state index in [0.29, 0.717) is 36.0 Å². The fraction of sp³-hybridized carbons (Fsp3) is 0.381. The number of carbonyl (C=O) groups is 1. The monoisotopic (exact) mass is 400 g/mol. The van der Waals surface area contributed by atoms with Crippen LogP contribution in [0.3, 0.4) is 0 Å². The zero-order chi connectivity index (χ0) is 19.7. The van der Waals surface area contributed by atoms with E-state index in [9.17, 15) is 13.2 Å². The Bertz CT molecular complexity index is 980. The van der Waals surface area contributed by atoms with Gasteiger partial charge in [0, 0.05) is 17.8 Å². The zero-order valence-corrected chi connectivity index (χ0v) is 16.7. The lowest BCUT2D eigenvalue weighted by molar-refractivity contribution is 0.102. The van der Waals surface area contributed by atoms with Crippen LogP contribution in [0.2, 0.25) is 0 Å². The van der Waals surface area contributed by atoms with Crippen molar-refractivity contribution in [1.82, 2.24) is 0 Å². The van der Waals surface area contributed by atoms with E-state index in [2.05, 4.69) is 5.32 Å². The Balaban J connectivity index is 1.42. The first kappa shape index (κ1) is 18.8. The van der Waals surface area contributed by atoms with Crippen molar-refractivity contribution >= 4 is 27.3 Å². The van der Waals surface area contributed by atoms with Crippen LogP contribution in [-0.2, 0) is 16.4 Å². The number of hydrogen-bond donors (Lipinski definition) is 1. The molecule has 6 nitrogen and oxygen atoms in total. The molecular weight excluding hydrogens is 376 g/mol. The largest absolute Gasteiger partial charge is 0.490 e. The summed E-state index contributed by atoms with van der Waals surface area (Å²) in [5.74, 6) is 0.605. The smallest absolute Gasteiger partial charge is 0.255 e. The van der Waals surface area contributed by atoms with Crippen molar-refractivity contribution in [3.63, 3.8) is 0 Å². The lowest BCUT2D eigenvalue weighted by atomic mass is 10.1. The molecule has 28 heavy (non-hydrogen) atoms. The SMILES string of the molecule is CS(=O)(=O)N1CCc2cc(C(=O)Nc3ccc(OC4CCCC4)cc3)ccc21. The third-order valence-electron chi connectivity index (χ3n) is 5.31. The number of hydrogen-bond acceptors (Lipinski definition) is 4. The van der Waals surface area contributed by atoms with E-state index in [4.69, 9.17) is 4.74 Å². The predicted octanol–water partition coefficient (Wildman–Crippen LogP) is 3.58. The molecule has 148 valence electrons. The van der Waals surface area contributed by atoms with Crippen LogP contribution in [0.5, 0.6) is 5.75 Å². The molecule has 0 aromatic heterocycles. The van der Waals surface area contributed by atoms with E-state index in [1.807, 2.05) is 24.3 Å². The average Bonchev–Trinajstić information content (AvgIpc) is 3.31. The second-order valence-electron chi connectivity index (χ2n) is 7.43. The van der Waals surface area contributed by atoms with Gasteiger partial charge in [0.15, 0.2) is 0 Å². The molecule has 1 fully saturated rings. The Kier molecular flexibility index (Phi) is 5.02. The minimum atomic E-state index is -3.29. The van der Waals surface area contributed by atoms with Gasteiger partial charge < -0.3 is 10.1 Å². The molecular formula is C21H24N2O4S. The summed E-state index contributed by atoms with van der Waals surface area (Å²) >= 11 is 0. The number of nitrogens with zero attached hydrogens (tertiary/aromatic N) is 1. The van der Waals surface area contributed by atoms with Gasteiger partial charge in [-0.3, -0.25) is 9.10 Å². The molecule has 1 aliphatic carbocycles. The fourth-order valence-electron chi connectivity index (χ4n) is 3.88. The Morgan fingerprint density at radius 2 is 1.82 bits per heavy atom. The van der Waals surface area contributed by atoms with Gasteiger partial charge in [0.1, 0.15) is 5.75 Å². The first-order valence-electron chi connectivity index (χ1n) is 9.59. The van der Waals surface area contributed by atoms with Crippen LogP contribution in [0.25, 0.3) is 0 Å².